The Kier molecular flexibility index (Phi) is 7.95. The van der Waals surface area contributed by atoms with E-state index in [1.807, 2.05) is 0 Å². The van der Waals surface area contributed by atoms with Crippen LogP contribution in [0.5, 0.6) is 0 Å². The van der Waals surface area contributed by atoms with E-state index in [2.05, 4.69) is 204 Å². The Morgan fingerprint density at radius 3 is 1.46 bits per heavy atom. The maximum absolute atomic E-state index is 2.45. The van der Waals surface area contributed by atoms with E-state index in [1.165, 1.54) is 95.4 Å². The molecule has 0 amide bonds. The van der Waals surface area contributed by atoms with Gasteiger partial charge in [-0.25, -0.2) is 0 Å². The number of fused-ring (bicyclic) bond motifs is 7. The minimum Gasteiger partial charge on any atom is -0.309 e. The van der Waals surface area contributed by atoms with E-state index >= 15 is 0 Å². The Morgan fingerprint density at radius 2 is 0.833 bits per heavy atom. The van der Waals surface area contributed by atoms with Gasteiger partial charge < -0.3 is 9.13 Å². The highest BCUT2D eigenvalue weighted by Gasteiger charge is 2.20. The number of benzene rings is 8. The number of para-hydroxylation sites is 2. The fraction of sp³-hybridized carbons (Fsp3) is 0.0769. The van der Waals surface area contributed by atoms with Crippen molar-refractivity contribution in [2.45, 2.75) is 26.2 Å². The second-order valence-electron chi connectivity index (χ2n) is 14.4. The summed E-state index contributed by atoms with van der Waals surface area (Å²) >= 11 is 0. The second kappa shape index (κ2) is 13.4. The van der Waals surface area contributed by atoms with Crippen LogP contribution in [0.15, 0.2) is 188 Å². The zero-order valence-corrected chi connectivity index (χ0v) is 30.4. The predicted octanol–water partition coefficient (Wildman–Crippen LogP) is 14.2. The van der Waals surface area contributed by atoms with Gasteiger partial charge in [0.05, 0.1) is 22.1 Å². The number of nitrogens with zero attached hydrogens (tertiary/aromatic N) is 2. The molecular formula is C52H40N2. The first-order valence-corrected chi connectivity index (χ1v) is 19.2. The summed E-state index contributed by atoms with van der Waals surface area (Å²) in [6.45, 7) is 2.25. The predicted molar refractivity (Wildman–Crippen MR) is 230 cm³/mol. The first-order chi connectivity index (χ1) is 26.7. The van der Waals surface area contributed by atoms with Crippen LogP contribution in [0, 0.1) is 0 Å². The van der Waals surface area contributed by atoms with E-state index in [4.69, 9.17) is 0 Å². The lowest BCUT2D eigenvalue weighted by Gasteiger charge is -2.12. The maximum atomic E-state index is 2.45. The molecule has 0 spiro atoms. The van der Waals surface area contributed by atoms with Gasteiger partial charge in [-0.05, 0) is 106 Å². The average molecular weight is 693 g/mol. The van der Waals surface area contributed by atoms with Crippen LogP contribution in [-0.4, -0.2) is 9.13 Å². The van der Waals surface area contributed by atoms with Gasteiger partial charge >= 0.3 is 0 Å². The summed E-state index contributed by atoms with van der Waals surface area (Å²) in [5.41, 5.74) is 15.9. The van der Waals surface area contributed by atoms with Crippen LogP contribution < -0.4 is 0 Å². The van der Waals surface area contributed by atoms with Crippen LogP contribution in [0.25, 0.3) is 88.4 Å². The van der Waals surface area contributed by atoms with Crippen molar-refractivity contribution in [2.24, 2.45) is 0 Å². The topological polar surface area (TPSA) is 9.86 Å². The van der Waals surface area contributed by atoms with Gasteiger partial charge in [0.25, 0.3) is 0 Å². The van der Waals surface area contributed by atoms with Gasteiger partial charge in [-0.2, -0.15) is 0 Å². The van der Waals surface area contributed by atoms with Crippen molar-refractivity contribution < 1.29 is 0 Å². The molecule has 258 valence electrons. The van der Waals surface area contributed by atoms with Gasteiger partial charge in [-0.15, -0.1) is 0 Å². The highest BCUT2D eigenvalue weighted by atomic mass is 15.0. The summed E-state index contributed by atoms with van der Waals surface area (Å²) in [6.07, 6.45) is 3.60. The Bertz CT molecular complexity index is 2940. The van der Waals surface area contributed by atoms with Crippen LogP contribution in [0.3, 0.4) is 0 Å². The molecule has 0 unspecified atom stereocenters. The first-order valence-electron chi connectivity index (χ1n) is 19.2. The normalized spacial score (nSPS) is 11.6. The lowest BCUT2D eigenvalue weighted by molar-refractivity contribution is 0.795. The molecule has 0 aliphatic heterocycles. The molecule has 0 N–H and O–H groups in total. The van der Waals surface area contributed by atoms with Crippen LogP contribution in [-0.2, 0) is 6.42 Å². The largest absolute Gasteiger partial charge is 0.309 e. The summed E-state index contributed by atoms with van der Waals surface area (Å²) in [6, 6.07) is 69.1. The minimum absolute atomic E-state index is 1.14. The molecule has 0 atom stereocenters. The number of hydrogen-bond donors (Lipinski definition) is 0. The molecule has 2 nitrogen and oxygen atoms in total. The molecule has 2 heteroatoms. The molecule has 10 aromatic rings. The van der Waals surface area contributed by atoms with E-state index in [0.717, 1.165) is 17.8 Å². The molecule has 2 aromatic heterocycles. The standard InChI is InChI=1S/C52H40N2/c1-2-3-13-36-24-26-38(27-25-36)39-28-30-43(31-29-39)53-47-22-9-7-20-45(47)51-49(53)32-33-50-52(51)46-21-8-10-23-48(46)54(50)44-19-12-18-42(35-44)41-17-11-16-40(34-41)37-14-5-4-6-15-37/h4-12,14-35H,2-3,13H2,1H3. The van der Waals surface area contributed by atoms with Crippen molar-refractivity contribution in [1.82, 2.24) is 9.13 Å². The summed E-state index contributed by atoms with van der Waals surface area (Å²) in [4.78, 5) is 0. The van der Waals surface area contributed by atoms with Crippen molar-refractivity contribution in [3.05, 3.63) is 194 Å². The Labute approximate surface area is 316 Å². The maximum Gasteiger partial charge on any atom is 0.0548 e. The fourth-order valence-corrected chi connectivity index (χ4v) is 8.46. The Hall–Kier alpha value is -6.64. The number of rotatable bonds is 8. The van der Waals surface area contributed by atoms with Crippen molar-refractivity contribution in [2.75, 3.05) is 0 Å². The monoisotopic (exact) mass is 692 g/mol. The number of unbranched alkanes of at least 4 members (excludes halogenated alkanes) is 1. The molecular weight excluding hydrogens is 653 g/mol. The number of hydrogen-bond acceptors (Lipinski definition) is 0. The minimum atomic E-state index is 1.14. The van der Waals surface area contributed by atoms with Crippen molar-refractivity contribution in [3.8, 4) is 44.8 Å². The quantitative estimate of drug-likeness (QED) is 0.150. The lowest BCUT2D eigenvalue weighted by atomic mass is 9.99. The molecule has 10 rings (SSSR count). The SMILES string of the molecule is CCCCc1ccc(-c2ccc(-n3c4ccccc4c4c5c6ccccc6n(-c6cccc(-c7cccc(-c8ccccc8)c7)c6)c5ccc43)cc2)cc1. The third kappa shape index (κ3) is 5.42. The molecule has 0 fully saturated rings. The zero-order chi connectivity index (χ0) is 36.0. The molecule has 0 aliphatic rings. The van der Waals surface area contributed by atoms with Crippen molar-refractivity contribution >= 4 is 43.6 Å². The van der Waals surface area contributed by atoms with E-state index in [1.54, 1.807) is 0 Å². The molecule has 2 heterocycles. The van der Waals surface area contributed by atoms with Crippen molar-refractivity contribution in [1.29, 1.82) is 0 Å². The third-order valence-electron chi connectivity index (χ3n) is 11.1. The number of aromatic nitrogens is 2. The Balaban J connectivity index is 1.12. The summed E-state index contributed by atoms with van der Waals surface area (Å²) in [5, 5.41) is 5.10. The van der Waals surface area contributed by atoms with Gasteiger partial charge in [-0.1, -0.05) is 147 Å². The highest BCUT2D eigenvalue weighted by molar-refractivity contribution is 6.28. The smallest absolute Gasteiger partial charge is 0.0548 e. The van der Waals surface area contributed by atoms with Gasteiger partial charge in [0.1, 0.15) is 0 Å². The van der Waals surface area contributed by atoms with Gasteiger partial charge in [0, 0.05) is 32.9 Å². The Morgan fingerprint density at radius 1 is 0.352 bits per heavy atom. The van der Waals surface area contributed by atoms with E-state index in [0.29, 0.717) is 0 Å². The summed E-state index contributed by atoms with van der Waals surface area (Å²) < 4.78 is 4.89. The molecule has 0 bridgehead atoms. The van der Waals surface area contributed by atoms with E-state index in [-0.39, 0.29) is 0 Å². The lowest BCUT2D eigenvalue weighted by Crippen LogP contribution is -1.95. The molecule has 0 saturated carbocycles. The van der Waals surface area contributed by atoms with Crippen LogP contribution in [0.1, 0.15) is 25.3 Å². The highest BCUT2D eigenvalue weighted by Crippen LogP contribution is 2.43. The summed E-state index contributed by atoms with van der Waals surface area (Å²) in [7, 11) is 0. The van der Waals surface area contributed by atoms with Crippen LogP contribution in [0.4, 0.5) is 0 Å². The average Bonchev–Trinajstić information content (AvgIpc) is 3.76. The zero-order valence-electron chi connectivity index (χ0n) is 30.4. The van der Waals surface area contributed by atoms with E-state index < -0.39 is 0 Å². The molecule has 0 saturated heterocycles. The number of aryl methyl sites for hydroxylation is 1. The van der Waals surface area contributed by atoms with E-state index in [9.17, 15) is 0 Å². The third-order valence-corrected chi connectivity index (χ3v) is 11.1. The molecule has 0 radical (unpaired) electrons. The molecule has 0 aliphatic carbocycles. The summed E-state index contributed by atoms with van der Waals surface area (Å²) in [5.74, 6) is 0. The van der Waals surface area contributed by atoms with Gasteiger partial charge in [0.15, 0.2) is 0 Å². The van der Waals surface area contributed by atoms with Gasteiger partial charge in [-0.3, -0.25) is 0 Å². The van der Waals surface area contributed by atoms with Gasteiger partial charge in [0.2, 0.25) is 0 Å². The molecule has 8 aromatic carbocycles. The van der Waals surface area contributed by atoms with Crippen LogP contribution in [0.2, 0.25) is 0 Å². The first kappa shape index (κ1) is 32.0. The fourth-order valence-electron chi connectivity index (χ4n) is 8.46. The molecule has 54 heavy (non-hydrogen) atoms. The van der Waals surface area contributed by atoms with Crippen LogP contribution >= 0.6 is 0 Å². The second-order valence-corrected chi connectivity index (χ2v) is 14.4. The van der Waals surface area contributed by atoms with Crippen molar-refractivity contribution in [3.63, 3.8) is 0 Å².